The Kier molecular flexibility index (Phi) is 6.80. The molecule has 1 heterocycles. The zero-order valence-corrected chi connectivity index (χ0v) is 22.1. The quantitative estimate of drug-likeness (QED) is 0.221. The summed E-state index contributed by atoms with van der Waals surface area (Å²) in [7, 11) is 0. The first kappa shape index (κ1) is 24.1. The van der Waals surface area contributed by atoms with Crippen molar-refractivity contribution in [2.45, 2.75) is 19.0 Å². The number of amides is 1. The summed E-state index contributed by atoms with van der Waals surface area (Å²) in [5.74, 6) is 0.634. The molecule has 8 heteroatoms. The molecule has 0 atom stereocenters. The molecule has 0 unspecified atom stereocenters. The van der Waals surface area contributed by atoms with Gasteiger partial charge in [0.25, 0.3) is 0 Å². The molecule has 0 aliphatic heterocycles. The van der Waals surface area contributed by atoms with E-state index in [0.717, 1.165) is 37.7 Å². The number of aromatic hydroxyl groups is 1. The summed E-state index contributed by atoms with van der Waals surface area (Å²) >= 11 is 4.87. The lowest BCUT2D eigenvalue weighted by Crippen LogP contribution is -2.15. The maximum atomic E-state index is 13.0. The average Bonchev–Trinajstić information content (AvgIpc) is 3.28. The number of thioether (sulfide) groups is 1. The summed E-state index contributed by atoms with van der Waals surface area (Å²) in [6.07, 6.45) is 0. The molecular formula is C28H23BrN4O2S. The number of phenolic OH excluding ortho intramolecular Hbond substituents is 1. The van der Waals surface area contributed by atoms with E-state index in [1.54, 1.807) is 18.2 Å². The number of nitrogens with one attached hydrogen (secondary N) is 1. The van der Waals surface area contributed by atoms with Crippen LogP contribution in [0.3, 0.4) is 0 Å². The molecule has 1 amide bonds. The van der Waals surface area contributed by atoms with E-state index in [2.05, 4.69) is 37.5 Å². The predicted octanol–water partition coefficient (Wildman–Crippen LogP) is 6.90. The van der Waals surface area contributed by atoms with Crippen molar-refractivity contribution in [3.8, 4) is 22.8 Å². The van der Waals surface area contributed by atoms with Crippen molar-refractivity contribution in [3.63, 3.8) is 0 Å². The molecular weight excluding hydrogens is 536 g/mol. The molecule has 0 saturated carbocycles. The normalized spacial score (nSPS) is 11.1. The number of carbonyl (C=O) groups is 1. The van der Waals surface area contributed by atoms with Gasteiger partial charge in [-0.1, -0.05) is 81.8 Å². The van der Waals surface area contributed by atoms with Crippen LogP contribution in [-0.2, 0) is 4.79 Å². The minimum absolute atomic E-state index is 0.118. The van der Waals surface area contributed by atoms with Crippen molar-refractivity contribution in [2.75, 3.05) is 11.1 Å². The number of phenols is 1. The molecule has 0 saturated heterocycles. The van der Waals surface area contributed by atoms with Gasteiger partial charge in [0.2, 0.25) is 5.91 Å². The Morgan fingerprint density at radius 2 is 1.72 bits per heavy atom. The molecule has 2 N–H and O–H groups in total. The SMILES string of the molecule is Cc1ccc(-n2c(SCC(=O)Nc3ccc(Br)c4ccccc34)nnc2-c2ccccc2O)c(C)c1. The largest absolute Gasteiger partial charge is 0.507 e. The lowest BCUT2D eigenvalue weighted by atomic mass is 10.1. The third-order valence-electron chi connectivity index (χ3n) is 5.85. The van der Waals surface area contributed by atoms with Crippen LogP contribution in [0.15, 0.2) is 88.5 Å². The topological polar surface area (TPSA) is 80.0 Å². The number of anilines is 1. The fourth-order valence-corrected chi connectivity index (χ4v) is 5.38. The van der Waals surface area contributed by atoms with E-state index in [0.29, 0.717) is 16.5 Å². The Morgan fingerprint density at radius 1 is 0.972 bits per heavy atom. The Labute approximate surface area is 221 Å². The van der Waals surface area contributed by atoms with Gasteiger partial charge in [0.1, 0.15) is 5.75 Å². The third-order valence-corrected chi connectivity index (χ3v) is 7.47. The average molecular weight is 559 g/mol. The maximum absolute atomic E-state index is 13.0. The molecule has 5 aromatic rings. The molecule has 0 aliphatic carbocycles. The van der Waals surface area contributed by atoms with Crippen LogP contribution < -0.4 is 5.32 Å². The van der Waals surface area contributed by atoms with E-state index in [1.165, 1.54) is 11.8 Å². The van der Waals surface area contributed by atoms with Gasteiger partial charge in [-0.2, -0.15) is 0 Å². The number of rotatable bonds is 6. The van der Waals surface area contributed by atoms with Gasteiger partial charge in [-0.05, 0) is 55.1 Å². The van der Waals surface area contributed by atoms with Gasteiger partial charge in [0.15, 0.2) is 11.0 Å². The number of halogens is 1. The Hall–Kier alpha value is -3.62. The molecule has 0 fully saturated rings. The minimum Gasteiger partial charge on any atom is -0.507 e. The van der Waals surface area contributed by atoms with E-state index in [4.69, 9.17) is 0 Å². The van der Waals surface area contributed by atoms with E-state index < -0.39 is 0 Å². The molecule has 6 nitrogen and oxygen atoms in total. The monoisotopic (exact) mass is 558 g/mol. The summed E-state index contributed by atoms with van der Waals surface area (Å²) in [5, 5.41) is 24.9. The Balaban J connectivity index is 1.46. The van der Waals surface area contributed by atoms with Gasteiger partial charge in [-0.15, -0.1) is 10.2 Å². The molecule has 180 valence electrons. The highest BCUT2D eigenvalue weighted by molar-refractivity contribution is 9.10. The number of aromatic nitrogens is 3. The second-order valence-corrected chi connectivity index (χ2v) is 10.2. The van der Waals surface area contributed by atoms with E-state index in [1.807, 2.05) is 73.0 Å². The molecule has 0 radical (unpaired) electrons. The summed E-state index contributed by atoms with van der Waals surface area (Å²) in [5.41, 5.74) is 4.40. The third kappa shape index (κ3) is 4.74. The Morgan fingerprint density at radius 3 is 2.50 bits per heavy atom. The number of carbonyl (C=O) groups excluding carboxylic acids is 1. The van der Waals surface area contributed by atoms with Crippen molar-refractivity contribution in [1.82, 2.24) is 14.8 Å². The molecule has 0 bridgehead atoms. The first-order valence-electron chi connectivity index (χ1n) is 11.3. The van der Waals surface area contributed by atoms with Crippen LogP contribution in [0.2, 0.25) is 0 Å². The summed E-state index contributed by atoms with van der Waals surface area (Å²) < 4.78 is 2.88. The van der Waals surface area contributed by atoms with Gasteiger partial charge >= 0.3 is 0 Å². The van der Waals surface area contributed by atoms with E-state index >= 15 is 0 Å². The number of para-hydroxylation sites is 1. The number of fused-ring (bicyclic) bond motifs is 1. The second-order valence-electron chi connectivity index (χ2n) is 8.43. The number of hydrogen-bond donors (Lipinski definition) is 2. The van der Waals surface area contributed by atoms with Gasteiger partial charge in [0.05, 0.1) is 17.0 Å². The highest BCUT2D eigenvalue weighted by atomic mass is 79.9. The summed E-state index contributed by atoms with van der Waals surface area (Å²) in [4.78, 5) is 13.0. The Bertz CT molecular complexity index is 1600. The second kappa shape index (κ2) is 10.2. The standard InChI is InChI=1S/C28H23BrN4O2S/c1-17-11-14-24(18(2)15-17)33-27(21-9-5-6-10-25(21)34)31-32-28(33)36-16-26(35)30-23-13-12-22(29)19-7-3-4-8-20(19)23/h3-15,34H,16H2,1-2H3,(H,30,35). The van der Waals surface area contributed by atoms with Crippen molar-refractivity contribution in [1.29, 1.82) is 0 Å². The van der Waals surface area contributed by atoms with Gasteiger partial charge in [0, 0.05) is 15.5 Å². The van der Waals surface area contributed by atoms with Crippen LogP contribution in [0.25, 0.3) is 27.8 Å². The number of hydrogen-bond acceptors (Lipinski definition) is 5. The number of benzene rings is 4. The number of nitrogens with zero attached hydrogens (tertiary/aromatic N) is 3. The molecule has 36 heavy (non-hydrogen) atoms. The van der Waals surface area contributed by atoms with Crippen LogP contribution in [0.1, 0.15) is 11.1 Å². The van der Waals surface area contributed by atoms with Crippen LogP contribution >= 0.6 is 27.7 Å². The number of aryl methyl sites for hydroxylation is 2. The molecule has 0 spiro atoms. The smallest absolute Gasteiger partial charge is 0.234 e. The molecule has 1 aromatic heterocycles. The van der Waals surface area contributed by atoms with Crippen molar-refractivity contribution in [3.05, 3.63) is 94.5 Å². The predicted molar refractivity (Wildman–Crippen MR) is 149 cm³/mol. The summed E-state index contributed by atoms with van der Waals surface area (Å²) in [6.45, 7) is 4.06. The van der Waals surface area contributed by atoms with Gasteiger partial charge < -0.3 is 10.4 Å². The van der Waals surface area contributed by atoms with Crippen LogP contribution in [0, 0.1) is 13.8 Å². The zero-order chi connectivity index (χ0) is 25.2. The fraction of sp³-hybridized carbons (Fsp3) is 0.107. The van der Waals surface area contributed by atoms with Gasteiger partial charge in [-0.25, -0.2) is 0 Å². The highest BCUT2D eigenvalue weighted by Gasteiger charge is 2.20. The fourth-order valence-electron chi connectivity index (χ4n) is 4.16. The van der Waals surface area contributed by atoms with Crippen molar-refractivity contribution < 1.29 is 9.90 Å². The van der Waals surface area contributed by atoms with Crippen LogP contribution in [-0.4, -0.2) is 31.5 Å². The van der Waals surface area contributed by atoms with Crippen LogP contribution in [0.4, 0.5) is 5.69 Å². The lowest BCUT2D eigenvalue weighted by Gasteiger charge is -2.14. The first-order valence-corrected chi connectivity index (χ1v) is 13.1. The van der Waals surface area contributed by atoms with Crippen LogP contribution in [0.5, 0.6) is 5.75 Å². The van der Waals surface area contributed by atoms with Crippen molar-refractivity contribution in [2.24, 2.45) is 0 Å². The minimum atomic E-state index is -0.147. The van der Waals surface area contributed by atoms with Crippen molar-refractivity contribution >= 4 is 50.1 Å². The molecule has 5 rings (SSSR count). The van der Waals surface area contributed by atoms with E-state index in [-0.39, 0.29) is 17.4 Å². The molecule has 4 aromatic carbocycles. The van der Waals surface area contributed by atoms with Gasteiger partial charge in [-0.3, -0.25) is 9.36 Å². The lowest BCUT2D eigenvalue weighted by molar-refractivity contribution is -0.113. The molecule has 0 aliphatic rings. The first-order chi connectivity index (χ1) is 17.4. The summed E-state index contributed by atoms with van der Waals surface area (Å²) in [6, 6.07) is 24.9. The van der Waals surface area contributed by atoms with E-state index in [9.17, 15) is 9.90 Å². The maximum Gasteiger partial charge on any atom is 0.234 e. The zero-order valence-electron chi connectivity index (χ0n) is 19.7. The highest BCUT2D eigenvalue weighted by Crippen LogP contribution is 2.34.